The molecule has 1 heterocycles. The molecule has 0 saturated carbocycles. The van der Waals surface area contributed by atoms with Crippen LogP contribution in [-0.2, 0) is 0 Å². The highest BCUT2D eigenvalue weighted by Crippen LogP contribution is 2.24. The maximum Gasteiger partial charge on any atom is 0.407 e. The highest BCUT2D eigenvalue weighted by atomic mass is 35.5. The third-order valence-electron chi connectivity index (χ3n) is 3.37. The molecule has 1 aliphatic rings. The Morgan fingerprint density at radius 2 is 1.76 bits per heavy atom. The Morgan fingerprint density at radius 3 is 2.33 bits per heavy atom. The van der Waals surface area contributed by atoms with E-state index in [1.807, 2.05) is 0 Å². The summed E-state index contributed by atoms with van der Waals surface area (Å²) in [5, 5.41) is 9.99. The Morgan fingerprint density at radius 1 is 1.14 bits per heavy atom. The second-order valence-electron chi connectivity index (χ2n) is 4.92. The fraction of sp³-hybridized carbons (Fsp3) is 0.500. The fourth-order valence-corrected chi connectivity index (χ4v) is 2.76. The standard InChI is InChI=1S/C14H18Cl2N2O3/c15-11-8-12(16)10-13(9-11)21-7-1-2-17-3-5-18(6-4-17)14(19)20/h8-10H,1-7H2,(H,19,20). The lowest BCUT2D eigenvalue weighted by molar-refractivity contribution is 0.103. The average Bonchev–Trinajstić information content (AvgIpc) is 2.43. The molecule has 2 rings (SSSR count). The van der Waals surface area contributed by atoms with Crippen LogP contribution in [0.1, 0.15) is 6.42 Å². The monoisotopic (exact) mass is 332 g/mol. The van der Waals surface area contributed by atoms with Gasteiger partial charge in [0.25, 0.3) is 0 Å². The van der Waals surface area contributed by atoms with Gasteiger partial charge >= 0.3 is 6.09 Å². The summed E-state index contributed by atoms with van der Waals surface area (Å²) in [4.78, 5) is 14.5. The summed E-state index contributed by atoms with van der Waals surface area (Å²) in [5.41, 5.74) is 0. The third kappa shape index (κ3) is 5.26. The predicted molar refractivity (Wildman–Crippen MR) is 82.6 cm³/mol. The van der Waals surface area contributed by atoms with Crippen LogP contribution in [-0.4, -0.2) is 60.3 Å². The molecule has 5 nitrogen and oxygen atoms in total. The molecule has 1 saturated heterocycles. The van der Waals surface area contributed by atoms with E-state index in [1.165, 1.54) is 4.90 Å². The van der Waals surface area contributed by atoms with Gasteiger partial charge in [-0.3, -0.25) is 4.90 Å². The lowest BCUT2D eigenvalue weighted by atomic mass is 10.3. The first-order chi connectivity index (χ1) is 10.0. The molecule has 0 atom stereocenters. The second kappa shape index (κ2) is 7.73. The van der Waals surface area contributed by atoms with E-state index in [9.17, 15) is 4.79 Å². The van der Waals surface area contributed by atoms with E-state index in [2.05, 4.69) is 4.90 Å². The quantitative estimate of drug-likeness (QED) is 0.842. The van der Waals surface area contributed by atoms with Gasteiger partial charge < -0.3 is 14.7 Å². The number of piperazine rings is 1. The number of halogens is 2. The van der Waals surface area contributed by atoms with Crippen LogP contribution in [0.4, 0.5) is 4.79 Å². The third-order valence-corrected chi connectivity index (χ3v) is 3.80. The van der Waals surface area contributed by atoms with Gasteiger partial charge in [0.1, 0.15) is 5.75 Å². The zero-order chi connectivity index (χ0) is 15.2. The van der Waals surface area contributed by atoms with Crippen LogP contribution in [0.25, 0.3) is 0 Å². The molecule has 0 unspecified atom stereocenters. The summed E-state index contributed by atoms with van der Waals surface area (Å²) >= 11 is 11.8. The maximum atomic E-state index is 10.8. The molecule has 21 heavy (non-hydrogen) atoms. The minimum Gasteiger partial charge on any atom is -0.493 e. The van der Waals surface area contributed by atoms with Gasteiger partial charge in [-0.15, -0.1) is 0 Å². The van der Waals surface area contributed by atoms with Crippen molar-refractivity contribution in [1.29, 1.82) is 0 Å². The highest BCUT2D eigenvalue weighted by Gasteiger charge is 2.19. The minimum absolute atomic E-state index is 0.558. The molecule has 7 heteroatoms. The lowest BCUT2D eigenvalue weighted by Crippen LogP contribution is -2.48. The topological polar surface area (TPSA) is 53.0 Å². The summed E-state index contributed by atoms with van der Waals surface area (Å²) in [5.74, 6) is 0.670. The summed E-state index contributed by atoms with van der Waals surface area (Å²) in [6.45, 7) is 4.16. The van der Waals surface area contributed by atoms with Crippen molar-refractivity contribution in [3.63, 3.8) is 0 Å². The Bertz CT molecular complexity index is 471. The molecule has 0 radical (unpaired) electrons. The van der Waals surface area contributed by atoms with Crippen molar-refractivity contribution < 1.29 is 14.6 Å². The van der Waals surface area contributed by atoms with E-state index in [-0.39, 0.29) is 0 Å². The zero-order valence-electron chi connectivity index (χ0n) is 11.6. The number of amides is 1. The van der Waals surface area contributed by atoms with Gasteiger partial charge in [-0.05, 0) is 24.6 Å². The van der Waals surface area contributed by atoms with Gasteiger partial charge in [0.15, 0.2) is 0 Å². The Balaban J connectivity index is 1.65. The van der Waals surface area contributed by atoms with Crippen LogP contribution in [0.3, 0.4) is 0 Å². The van der Waals surface area contributed by atoms with Gasteiger partial charge in [-0.25, -0.2) is 4.79 Å². The molecule has 1 aromatic carbocycles. The van der Waals surface area contributed by atoms with Gasteiger partial charge in [0.05, 0.1) is 6.61 Å². The predicted octanol–water partition coefficient (Wildman–Crippen LogP) is 3.06. The van der Waals surface area contributed by atoms with Crippen molar-refractivity contribution >= 4 is 29.3 Å². The molecular formula is C14H18Cl2N2O3. The molecule has 1 aliphatic heterocycles. The number of carbonyl (C=O) groups is 1. The van der Waals surface area contributed by atoms with Gasteiger partial charge in [0.2, 0.25) is 0 Å². The number of hydrogen-bond donors (Lipinski definition) is 1. The fourth-order valence-electron chi connectivity index (χ4n) is 2.25. The first kappa shape index (κ1) is 16.2. The van der Waals surface area contributed by atoms with Crippen molar-refractivity contribution in [2.45, 2.75) is 6.42 Å². The second-order valence-corrected chi connectivity index (χ2v) is 5.79. The Hall–Kier alpha value is -1.17. The smallest absolute Gasteiger partial charge is 0.407 e. The largest absolute Gasteiger partial charge is 0.493 e. The van der Waals surface area contributed by atoms with Crippen LogP contribution in [0.5, 0.6) is 5.75 Å². The van der Waals surface area contributed by atoms with Crippen LogP contribution in [0.2, 0.25) is 10.0 Å². The normalized spacial score (nSPS) is 16.0. The molecule has 116 valence electrons. The van der Waals surface area contributed by atoms with Crippen LogP contribution < -0.4 is 4.74 Å². The molecule has 0 aromatic heterocycles. The van der Waals surface area contributed by atoms with E-state index in [0.717, 1.165) is 26.1 Å². The average molecular weight is 333 g/mol. The van der Waals surface area contributed by atoms with Gasteiger partial charge in [-0.1, -0.05) is 23.2 Å². The number of nitrogens with zero attached hydrogens (tertiary/aromatic N) is 2. The van der Waals surface area contributed by atoms with Crippen molar-refractivity contribution in [3.05, 3.63) is 28.2 Å². The molecule has 0 spiro atoms. The van der Waals surface area contributed by atoms with Crippen molar-refractivity contribution in [2.75, 3.05) is 39.3 Å². The van der Waals surface area contributed by atoms with Gasteiger partial charge in [-0.2, -0.15) is 0 Å². The number of rotatable bonds is 5. The van der Waals surface area contributed by atoms with Crippen molar-refractivity contribution in [2.24, 2.45) is 0 Å². The summed E-state index contributed by atoms with van der Waals surface area (Å²) in [6.07, 6.45) is 0.0350. The number of benzene rings is 1. The summed E-state index contributed by atoms with van der Waals surface area (Å²) in [6, 6.07) is 5.13. The Labute approximate surface area is 134 Å². The van der Waals surface area contributed by atoms with Crippen LogP contribution >= 0.6 is 23.2 Å². The Kier molecular flexibility index (Phi) is 5.96. The molecular weight excluding hydrogens is 315 g/mol. The first-order valence-electron chi connectivity index (χ1n) is 6.84. The number of ether oxygens (including phenoxy) is 1. The molecule has 1 amide bonds. The van der Waals surface area contributed by atoms with Crippen LogP contribution in [0.15, 0.2) is 18.2 Å². The van der Waals surface area contributed by atoms with E-state index in [0.29, 0.717) is 35.5 Å². The minimum atomic E-state index is -0.837. The van der Waals surface area contributed by atoms with E-state index >= 15 is 0 Å². The zero-order valence-corrected chi connectivity index (χ0v) is 13.1. The van der Waals surface area contributed by atoms with Crippen molar-refractivity contribution in [1.82, 2.24) is 9.80 Å². The van der Waals surface area contributed by atoms with Crippen molar-refractivity contribution in [3.8, 4) is 5.75 Å². The lowest BCUT2D eigenvalue weighted by Gasteiger charge is -2.32. The number of carboxylic acid groups (broad SMARTS) is 1. The maximum absolute atomic E-state index is 10.8. The first-order valence-corrected chi connectivity index (χ1v) is 7.59. The van der Waals surface area contributed by atoms with E-state index in [1.54, 1.807) is 18.2 Å². The summed E-state index contributed by atoms with van der Waals surface area (Å²) in [7, 11) is 0. The molecule has 1 N–H and O–H groups in total. The number of hydrogen-bond acceptors (Lipinski definition) is 3. The molecule has 0 bridgehead atoms. The van der Waals surface area contributed by atoms with E-state index in [4.69, 9.17) is 33.0 Å². The van der Waals surface area contributed by atoms with Crippen LogP contribution in [0, 0.1) is 0 Å². The summed E-state index contributed by atoms with van der Waals surface area (Å²) < 4.78 is 5.62. The molecule has 0 aliphatic carbocycles. The van der Waals surface area contributed by atoms with Gasteiger partial charge in [0, 0.05) is 42.8 Å². The molecule has 1 fully saturated rings. The highest BCUT2D eigenvalue weighted by molar-refractivity contribution is 6.34. The van der Waals surface area contributed by atoms with E-state index < -0.39 is 6.09 Å². The SMILES string of the molecule is O=C(O)N1CCN(CCCOc2cc(Cl)cc(Cl)c2)CC1. The molecule has 1 aromatic rings.